The van der Waals surface area contributed by atoms with Gasteiger partial charge in [0, 0.05) is 22.8 Å². The summed E-state index contributed by atoms with van der Waals surface area (Å²) in [5.74, 6) is -0.121. The molecule has 0 saturated carbocycles. The number of hydrogen-bond donors (Lipinski definition) is 1. The van der Waals surface area contributed by atoms with Crippen LogP contribution in [0.2, 0.25) is 0 Å². The van der Waals surface area contributed by atoms with Crippen molar-refractivity contribution < 1.29 is 9.59 Å². The molecule has 0 aromatic carbocycles. The Kier molecular flexibility index (Phi) is 4.71. The fraction of sp³-hybridized carbons (Fsp3) is 0.571. The molecule has 2 amide bonds. The van der Waals surface area contributed by atoms with Crippen molar-refractivity contribution in [1.82, 2.24) is 10.2 Å². The summed E-state index contributed by atoms with van der Waals surface area (Å²) in [5, 5.41) is 3.20. The second-order valence-corrected chi connectivity index (χ2v) is 6.00. The molecule has 19 heavy (non-hydrogen) atoms. The number of aryl methyl sites for hydroxylation is 1. The lowest BCUT2D eigenvalue weighted by atomic mass is 10.2. The molecule has 1 fully saturated rings. The number of imide groups is 1. The molecule has 0 bridgehead atoms. The first kappa shape index (κ1) is 14.2. The van der Waals surface area contributed by atoms with Crippen molar-refractivity contribution in [3.05, 3.63) is 21.9 Å². The van der Waals surface area contributed by atoms with Gasteiger partial charge in [0.05, 0.1) is 12.5 Å². The summed E-state index contributed by atoms with van der Waals surface area (Å²) in [6.45, 7) is 5.30. The predicted octanol–water partition coefficient (Wildman–Crippen LogP) is 1.94. The number of carbonyl (C=O) groups is 2. The van der Waals surface area contributed by atoms with Gasteiger partial charge in [-0.25, -0.2) is 0 Å². The van der Waals surface area contributed by atoms with Crippen molar-refractivity contribution in [2.75, 3.05) is 6.54 Å². The van der Waals surface area contributed by atoms with Crippen LogP contribution >= 0.6 is 11.3 Å². The van der Waals surface area contributed by atoms with Crippen molar-refractivity contribution in [2.24, 2.45) is 0 Å². The fourth-order valence-electron chi connectivity index (χ4n) is 2.23. The molecule has 0 aliphatic carbocycles. The summed E-state index contributed by atoms with van der Waals surface area (Å²) < 4.78 is 0. The Hall–Kier alpha value is -1.20. The Balaban J connectivity index is 1.90. The molecule has 4 nitrogen and oxygen atoms in total. The van der Waals surface area contributed by atoms with E-state index in [4.69, 9.17) is 0 Å². The standard InChI is InChI=1S/C14H20N2O2S/c1-3-7-16-13(17)8-12(14(16)18)15-9-11-6-5-10(4-2)19-11/h5-6,12,15H,3-4,7-9H2,1-2H3. The van der Waals surface area contributed by atoms with Crippen LogP contribution in [0, 0.1) is 0 Å². The number of nitrogens with zero attached hydrogens (tertiary/aromatic N) is 1. The molecule has 2 rings (SSSR count). The lowest BCUT2D eigenvalue weighted by molar-refractivity contribution is -0.138. The van der Waals surface area contributed by atoms with E-state index in [1.165, 1.54) is 14.7 Å². The molecule has 1 N–H and O–H groups in total. The number of thiophene rings is 1. The first-order valence-corrected chi connectivity index (χ1v) is 7.62. The topological polar surface area (TPSA) is 49.4 Å². The molecular weight excluding hydrogens is 260 g/mol. The number of rotatable bonds is 6. The zero-order valence-electron chi connectivity index (χ0n) is 11.4. The molecule has 1 atom stereocenters. The number of hydrogen-bond acceptors (Lipinski definition) is 4. The molecule has 1 aromatic heterocycles. The highest BCUT2D eigenvalue weighted by molar-refractivity contribution is 7.11. The zero-order valence-corrected chi connectivity index (χ0v) is 12.3. The smallest absolute Gasteiger partial charge is 0.246 e. The van der Waals surface area contributed by atoms with E-state index in [1.54, 1.807) is 11.3 Å². The molecule has 5 heteroatoms. The SMILES string of the molecule is CCCN1C(=O)CC(NCc2ccc(CC)s2)C1=O. The third-order valence-electron chi connectivity index (χ3n) is 3.28. The maximum Gasteiger partial charge on any atom is 0.246 e. The average Bonchev–Trinajstić information content (AvgIpc) is 2.96. The molecule has 1 saturated heterocycles. The maximum atomic E-state index is 12.0. The van der Waals surface area contributed by atoms with Crippen molar-refractivity contribution in [1.29, 1.82) is 0 Å². The molecule has 1 unspecified atom stereocenters. The zero-order chi connectivity index (χ0) is 13.8. The van der Waals surface area contributed by atoms with E-state index in [1.807, 2.05) is 6.92 Å². The molecule has 1 aliphatic heterocycles. The highest BCUT2D eigenvalue weighted by atomic mass is 32.1. The van der Waals surface area contributed by atoms with Crippen LogP contribution in [0.3, 0.4) is 0 Å². The first-order valence-electron chi connectivity index (χ1n) is 6.80. The minimum atomic E-state index is -0.341. The van der Waals surface area contributed by atoms with Gasteiger partial charge in [-0.2, -0.15) is 0 Å². The van der Waals surface area contributed by atoms with E-state index in [0.29, 0.717) is 19.5 Å². The third kappa shape index (κ3) is 3.22. The maximum absolute atomic E-state index is 12.0. The van der Waals surface area contributed by atoms with E-state index in [-0.39, 0.29) is 17.9 Å². The van der Waals surface area contributed by atoms with Crippen molar-refractivity contribution in [2.45, 2.75) is 45.7 Å². The minimum Gasteiger partial charge on any atom is -0.300 e. The third-order valence-corrected chi connectivity index (χ3v) is 4.51. The van der Waals surface area contributed by atoms with Gasteiger partial charge in [-0.1, -0.05) is 13.8 Å². The Morgan fingerprint density at radius 3 is 2.68 bits per heavy atom. The Bertz CT molecular complexity index is 470. The van der Waals surface area contributed by atoms with Crippen LogP contribution in [0.5, 0.6) is 0 Å². The van der Waals surface area contributed by atoms with Gasteiger partial charge in [-0.15, -0.1) is 11.3 Å². The highest BCUT2D eigenvalue weighted by Crippen LogP contribution is 2.18. The summed E-state index contributed by atoms with van der Waals surface area (Å²) in [7, 11) is 0. The highest BCUT2D eigenvalue weighted by Gasteiger charge is 2.37. The van der Waals surface area contributed by atoms with E-state index < -0.39 is 0 Å². The van der Waals surface area contributed by atoms with Gasteiger partial charge in [0.1, 0.15) is 0 Å². The van der Waals surface area contributed by atoms with E-state index in [2.05, 4.69) is 24.4 Å². The lowest BCUT2D eigenvalue weighted by Crippen LogP contribution is -2.38. The van der Waals surface area contributed by atoms with Crippen LogP contribution in [0.4, 0.5) is 0 Å². The van der Waals surface area contributed by atoms with E-state index in [9.17, 15) is 9.59 Å². The minimum absolute atomic E-state index is 0.0511. The number of nitrogens with one attached hydrogen (secondary N) is 1. The molecule has 104 valence electrons. The Labute approximate surface area is 117 Å². The summed E-state index contributed by atoms with van der Waals surface area (Å²) in [6, 6.07) is 3.86. The number of amides is 2. The lowest BCUT2D eigenvalue weighted by Gasteiger charge is -2.13. The number of carbonyl (C=O) groups excluding carboxylic acids is 2. The van der Waals surface area contributed by atoms with Crippen LogP contribution in [0.25, 0.3) is 0 Å². The van der Waals surface area contributed by atoms with Crippen LogP contribution in [0.1, 0.15) is 36.4 Å². The molecule has 0 radical (unpaired) electrons. The van der Waals surface area contributed by atoms with Gasteiger partial charge in [0.15, 0.2) is 0 Å². The van der Waals surface area contributed by atoms with Gasteiger partial charge in [-0.05, 0) is 25.0 Å². The molecule has 0 spiro atoms. The Morgan fingerprint density at radius 1 is 1.32 bits per heavy atom. The normalized spacial score (nSPS) is 19.5. The number of likely N-dealkylation sites (tertiary alicyclic amines) is 1. The Morgan fingerprint density at radius 2 is 2.05 bits per heavy atom. The van der Waals surface area contributed by atoms with Crippen LogP contribution < -0.4 is 5.32 Å². The summed E-state index contributed by atoms with van der Waals surface area (Å²) in [5.41, 5.74) is 0. The van der Waals surface area contributed by atoms with Crippen LogP contribution in [0.15, 0.2) is 12.1 Å². The predicted molar refractivity (Wildman–Crippen MR) is 76.0 cm³/mol. The quantitative estimate of drug-likeness (QED) is 0.810. The van der Waals surface area contributed by atoms with E-state index in [0.717, 1.165) is 12.8 Å². The monoisotopic (exact) mass is 280 g/mol. The summed E-state index contributed by atoms with van der Waals surface area (Å²) >= 11 is 1.76. The summed E-state index contributed by atoms with van der Waals surface area (Å²) in [4.78, 5) is 27.7. The van der Waals surface area contributed by atoms with Crippen LogP contribution in [-0.4, -0.2) is 29.3 Å². The average molecular weight is 280 g/mol. The van der Waals surface area contributed by atoms with Crippen LogP contribution in [-0.2, 0) is 22.6 Å². The van der Waals surface area contributed by atoms with Crippen molar-refractivity contribution in [3.63, 3.8) is 0 Å². The van der Waals surface area contributed by atoms with Gasteiger partial charge < -0.3 is 5.32 Å². The fourth-order valence-corrected chi connectivity index (χ4v) is 3.14. The second kappa shape index (κ2) is 6.30. The van der Waals surface area contributed by atoms with Gasteiger partial charge in [0.25, 0.3) is 0 Å². The molecule has 1 aliphatic rings. The molecular formula is C14H20N2O2S. The first-order chi connectivity index (χ1) is 9.15. The van der Waals surface area contributed by atoms with Crippen molar-refractivity contribution in [3.8, 4) is 0 Å². The van der Waals surface area contributed by atoms with Gasteiger partial charge in [0.2, 0.25) is 11.8 Å². The van der Waals surface area contributed by atoms with Crippen molar-refractivity contribution >= 4 is 23.2 Å². The second-order valence-electron chi connectivity index (χ2n) is 4.74. The molecule has 2 heterocycles. The van der Waals surface area contributed by atoms with E-state index >= 15 is 0 Å². The van der Waals surface area contributed by atoms with Gasteiger partial charge >= 0.3 is 0 Å². The largest absolute Gasteiger partial charge is 0.300 e. The van der Waals surface area contributed by atoms with Gasteiger partial charge in [-0.3, -0.25) is 14.5 Å². The molecule has 1 aromatic rings. The summed E-state index contributed by atoms with van der Waals surface area (Å²) in [6.07, 6.45) is 2.15.